The number of hydrogen-bond acceptors (Lipinski definition) is 5. The summed E-state index contributed by atoms with van der Waals surface area (Å²) < 4.78 is 6.57. The number of fused-ring (bicyclic) bond motifs is 1. The zero-order valence-corrected chi connectivity index (χ0v) is 18.3. The summed E-state index contributed by atoms with van der Waals surface area (Å²) in [5.41, 5.74) is 4.35. The van der Waals surface area contributed by atoms with Gasteiger partial charge < -0.3 is 4.74 Å². The smallest absolute Gasteiger partial charge is 0.252 e. The highest BCUT2D eigenvalue weighted by atomic mass is 32.1. The molecule has 0 bridgehead atoms. The van der Waals surface area contributed by atoms with E-state index >= 15 is 0 Å². The molecular weight excluding hydrogens is 394 g/mol. The molecular formula is C24H27N3O2S. The molecule has 4 rings (SSSR count). The van der Waals surface area contributed by atoms with Crippen molar-refractivity contribution in [2.24, 2.45) is 0 Å². The number of benzene rings is 2. The minimum atomic E-state index is -0.0412. The van der Waals surface area contributed by atoms with Crippen LogP contribution < -0.4 is 4.90 Å². The summed E-state index contributed by atoms with van der Waals surface area (Å²) in [6.45, 7) is 8.89. The number of rotatable bonds is 6. The van der Waals surface area contributed by atoms with E-state index in [0.29, 0.717) is 6.54 Å². The zero-order chi connectivity index (χ0) is 20.9. The van der Waals surface area contributed by atoms with E-state index in [-0.39, 0.29) is 5.91 Å². The number of hydrogen-bond donors (Lipinski definition) is 0. The van der Waals surface area contributed by atoms with Gasteiger partial charge in [-0.1, -0.05) is 47.7 Å². The first-order valence-electron chi connectivity index (χ1n) is 10.3. The van der Waals surface area contributed by atoms with Gasteiger partial charge in [0.1, 0.15) is 0 Å². The SMILES string of the molecule is Cc1cc(C)c2nc(N(CCN3CCOCC3)C(=O)/C=C/c3ccccc3)sc2c1. The van der Waals surface area contributed by atoms with Crippen LogP contribution >= 0.6 is 11.3 Å². The van der Waals surface area contributed by atoms with Gasteiger partial charge in [0.05, 0.1) is 23.4 Å². The molecule has 2 aromatic carbocycles. The van der Waals surface area contributed by atoms with Gasteiger partial charge in [0, 0.05) is 32.3 Å². The molecule has 3 aromatic rings. The van der Waals surface area contributed by atoms with Crippen LogP contribution in [0.25, 0.3) is 16.3 Å². The Morgan fingerprint density at radius 2 is 1.97 bits per heavy atom. The second kappa shape index (κ2) is 9.51. The Morgan fingerprint density at radius 3 is 2.73 bits per heavy atom. The third kappa shape index (κ3) is 4.95. The number of nitrogens with zero attached hydrogens (tertiary/aromatic N) is 3. The van der Waals surface area contributed by atoms with Crippen molar-refractivity contribution in [3.05, 3.63) is 65.2 Å². The van der Waals surface area contributed by atoms with E-state index < -0.39 is 0 Å². The maximum Gasteiger partial charge on any atom is 0.252 e. The van der Waals surface area contributed by atoms with Crippen LogP contribution in [0.4, 0.5) is 5.13 Å². The van der Waals surface area contributed by atoms with Crippen molar-refractivity contribution in [3.63, 3.8) is 0 Å². The fourth-order valence-corrected chi connectivity index (χ4v) is 4.84. The van der Waals surface area contributed by atoms with Gasteiger partial charge >= 0.3 is 0 Å². The van der Waals surface area contributed by atoms with E-state index in [1.807, 2.05) is 41.3 Å². The van der Waals surface area contributed by atoms with Crippen molar-refractivity contribution in [1.29, 1.82) is 0 Å². The van der Waals surface area contributed by atoms with Gasteiger partial charge in [-0.3, -0.25) is 14.6 Å². The highest BCUT2D eigenvalue weighted by Gasteiger charge is 2.20. The molecule has 0 atom stereocenters. The van der Waals surface area contributed by atoms with E-state index in [9.17, 15) is 4.79 Å². The van der Waals surface area contributed by atoms with Gasteiger partial charge in [-0.05, 0) is 42.7 Å². The molecule has 0 unspecified atom stereocenters. The summed E-state index contributed by atoms with van der Waals surface area (Å²) in [7, 11) is 0. The van der Waals surface area contributed by atoms with Gasteiger partial charge in [-0.15, -0.1) is 0 Å². The third-order valence-corrected chi connectivity index (χ3v) is 6.30. The normalized spacial score (nSPS) is 15.1. The molecule has 5 nitrogen and oxygen atoms in total. The maximum atomic E-state index is 13.2. The Morgan fingerprint density at radius 1 is 1.20 bits per heavy atom. The van der Waals surface area contributed by atoms with Crippen molar-refractivity contribution < 1.29 is 9.53 Å². The van der Waals surface area contributed by atoms with Crippen LogP contribution in [0.1, 0.15) is 16.7 Å². The number of amides is 1. The van der Waals surface area contributed by atoms with Crippen LogP contribution in [0.15, 0.2) is 48.5 Å². The topological polar surface area (TPSA) is 45.7 Å². The van der Waals surface area contributed by atoms with Crippen molar-refractivity contribution in [2.75, 3.05) is 44.3 Å². The molecule has 1 amide bonds. The number of aryl methyl sites for hydroxylation is 2. The van der Waals surface area contributed by atoms with Crippen LogP contribution in [0.3, 0.4) is 0 Å². The second-order valence-electron chi connectivity index (χ2n) is 7.61. The molecule has 0 spiro atoms. The summed E-state index contributed by atoms with van der Waals surface area (Å²) in [5.74, 6) is -0.0412. The van der Waals surface area contributed by atoms with Crippen molar-refractivity contribution in [3.8, 4) is 0 Å². The van der Waals surface area contributed by atoms with Gasteiger partial charge in [0.15, 0.2) is 5.13 Å². The summed E-state index contributed by atoms with van der Waals surface area (Å²) in [4.78, 5) is 22.2. The lowest BCUT2D eigenvalue weighted by atomic mass is 10.1. The number of carbonyl (C=O) groups excluding carboxylic acids is 1. The molecule has 0 radical (unpaired) electrons. The Kier molecular flexibility index (Phi) is 6.57. The first-order chi connectivity index (χ1) is 14.6. The average molecular weight is 422 g/mol. The van der Waals surface area contributed by atoms with E-state index in [0.717, 1.165) is 59.3 Å². The molecule has 30 heavy (non-hydrogen) atoms. The summed E-state index contributed by atoms with van der Waals surface area (Å²) in [6, 6.07) is 14.2. The molecule has 1 saturated heterocycles. The number of anilines is 1. The quantitative estimate of drug-likeness (QED) is 0.557. The van der Waals surface area contributed by atoms with Crippen LogP contribution in [-0.2, 0) is 9.53 Å². The fourth-order valence-electron chi connectivity index (χ4n) is 3.66. The molecule has 1 fully saturated rings. The Bertz CT molecular complexity index is 1040. The molecule has 156 valence electrons. The maximum absolute atomic E-state index is 13.2. The van der Waals surface area contributed by atoms with E-state index in [2.05, 4.69) is 30.9 Å². The molecule has 0 N–H and O–H groups in total. The largest absolute Gasteiger partial charge is 0.379 e. The lowest BCUT2D eigenvalue weighted by Crippen LogP contribution is -2.42. The average Bonchev–Trinajstić information content (AvgIpc) is 3.18. The number of morpholine rings is 1. The highest BCUT2D eigenvalue weighted by Crippen LogP contribution is 2.32. The van der Waals surface area contributed by atoms with Crippen molar-refractivity contribution >= 4 is 38.7 Å². The Labute approximate surface area is 181 Å². The predicted molar refractivity (Wildman–Crippen MR) is 124 cm³/mol. The van der Waals surface area contributed by atoms with Gasteiger partial charge in [-0.2, -0.15) is 0 Å². The van der Waals surface area contributed by atoms with E-state index in [1.165, 1.54) is 5.56 Å². The van der Waals surface area contributed by atoms with Gasteiger partial charge in [0.25, 0.3) is 5.91 Å². The van der Waals surface area contributed by atoms with Crippen LogP contribution in [0, 0.1) is 13.8 Å². The fraction of sp³-hybridized carbons (Fsp3) is 0.333. The minimum Gasteiger partial charge on any atom is -0.379 e. The Hall–Kier alpha value is -2.54. The van der Waals surface area contributed by atoms with Gasteiger partial charge in [-0.25, -0.2) is 4.98 Å². The minimum absolute atomic E-state index is 0.0412. The van der Waals surface area contributed by atoms with Crippen LogP contribution in [0.2, 0.25) is 0 Å². The molecule has 0 aliphatic carbocycles. The first-order valence-corrected chi connectivity index (χ1v) is 11.1. The second-order valence-corrected chi connectivity index (χ2v) is 8.62. The van der Waals surface area contributed by atoms with Crippen LogP contribution in [0.5, 0.6) is 0 Å². The molecule has 1 aliphatic heterocycles. The lowest BCUT2D eigenvalue weighted by Gasteiger charge is -2.28. The number of aromatic nitrogens is 1. The monoisotopic (exact) mass is 421 g/mol. The lowest BCUT2D eigenvalue weighted by molar-refractivity contribution is -0.114. The number of carbonyl (C=O) groups is 1. The van der Waals surface area contributed by atoms with Crippen molar-refractivity contribution in [1.82, 2.24) is 9.88 Å². The third-order valence-electron chi connectivity index (χ3n) is 5.28. The van der Waals surface area contributed by atoms with E-state index in [1.54, 1.807) is 17.4 Å². The molecule has 0 saturated carbocycles. The van der Waals surface area contributed by atoms with Gasteiger partial charge in [0.2, 0.25) is 0 Å². The molecule has 6 heteroatoms. The van der Waals surface area contributed by atoms with E-state index in [4.69, 9.17) is 9.72 Å². The zero-order valence-electron chi connectivity index (χ0n) is 17.5. The number of thiazole rings is 1. The van der Waals surface area contributed by atoms with Crippen LogP contribution in [-0.4, -0.2) is 55.2 Å². The molecule has 2 heterocycles. The first kappa shape index (κ1) is 20.7. The summed E-state index contributed by atoms with van der Waals surface area (Å²) in [6.07, 6.45) is 3.52. The summed E-state index contributed by atoms with van der Waals surface area (Å²) in [5, 5.41) is 0.759. The number of ether oxygens (including phenoxy) is 1. The highest BCUT2D eigenvalue weighted by molar-refractivity contribution is 7.22. The standard InChI is InChI=1S/C24H27N3O2S/c1-18-16-19(2)23-21(17-18)30-24(25-23)27(11-10-26-12-14-29-15-13-26)22(28)9-8-20-6-4-3-5-7-20/h3-9,16-17H,10-15H2,1-2H3/b9-8+. The molecule has 1 aromatic heterocycles. The molecule has 1 aliphatic rings. The predicted octanol–water partition coefficient (Wildman–Crippen LogP) is 4.29. The summed E-state index contributed by atoms with van der Waals surface area (Å²) >= 11 is 1.59. The Balaban J connectivity index is 1.60. The van der Waals surface area contributed by atoms with Crippen molar-refractivity contribution in [2.45, 2.75) is 13.8 Å².